The number of hydrogen-bond donors (Lipinski definition) is 1. The highest BCUT2D eigenvalue weighted by atomic mass is 16.2. The van der Waals surface area contributed by atoms with Gasteiger partial charge in [0.15, 0.2) is 5.82 Å². The molecule has 1 atom stereocenters. The lowest BCUT2D eigenvalue weighted by Crippen LogP contribution is -2.47. The van der Waals surface area contributed by atoms with Crippen LogP contribution in [0, 0.1) is 11.8 Å². The molecule has 6 nitrogen and oxygen atoms in total. The zero-order valence-electron chi connectivity index (χ0n) is 17.0. The van der Waals surface area contributed by atoms with Crippen molar-refractivity contribution in [2.75, 3.05) is 19.6 Å². The van der Waals surface area contributed by atoms with Crippen molar-refractivity contribution in [3.63, 3.8) is 0 Å². The number of piperidine rings is 1. The van der Waals surface area contributed by atoms with Gasteiger partial charge >= 0.3 is 0 Å². The number of fused-ring (bicyclic) bond motifs is 1. The van der Waals surface area contributed by atoms with Crippen LogP contribution in [-0.2, 0) is 17.8 Å². The van der Waals surface area contributed by atoms with Gasteiger partial charge in [-0.15, -0.1) is 10.2 Å². The summed E-state index contributed by atoms with van der Waals surface area (Å²) in [6.07, 6.45) is 3.74. The maximum absolute atomic E-state index is 12.8. The van der Waals surface area contributed by atoms with E-state index in [-0.39, 0.29) is 17.9 Å². The van der Waals surface area contributed by atoms with Gasteiger partial charge in [-0.25, -0.2) is 0 Å². The fraction of sp³-hybridized carbons (Fsp3) is 0.591. The van der Waals surface area contributed by atoms with Gasteiger partial charge in [0, 0.05) is 37.0 Å². The van der Waals surface area contributed by atoms with Crippen LogP contribution in [0.1, 0.15) is 38.9 Å². The lowest BCUT2D eigenvalue weighted by molar-refractivity contribution is -0.127. The number of amides is 1. The number of rotatable bonds is 5. The topological polar surface area (TPSA) is 63.1 Å². The first-order valence-corrected chi connectivity index (χ1v) is 10.6. The molecule has 3 heterocycles. The normalized spacial score (nSPS) is 20.9. The predicted molar refractivity (Wildman–Crippen MR) is 110 cm³/mol. The van der Waals surface area contributed by atoms with Gasteiger partial charge in [0.1, 0.15) is 5.82 Å². The maximum Gasteiger partial charge on any atom is 0.223 e. The molecule has 0 radical (unpaired) electrons. The van der Waals surface area contributed by atoms with E-state index in [1.54, 1.807) is 0 Å². The molecule has 2 aliphatic rings. The number of hydrogen-bond acceptors (Lipinski definition) is 4. The summed E-state index contributed by atoms with van der Waals surface area (Å²) in [5.41, 5.74) is 1.07. The minimum atomic E-state index is 0.152. The second-order valence-electron chi connectivity index (χ2n) is 8.63. The Labute approximate surface area is 167 Å². The monoisotopic (exact) mass is 381 g/mol. The summed E-state index contributed by atoms with van der Waals surface area (Å²) in [5.74, 6) is 2.98. The predicted octanol–water partition coefficient (Wildman–Crippen LogP) is 2.74. The van der Waals surface area contributed by atoms with Crippen LogP contribution in [0.4, 0.5) is 0 Å². The molecule has 28 heavy (non-hydrogen) atoms. The number of benzene rings is 1. The number of likely N-dealkylation sites (tertiary alicyclic amines) is 1. The first kappa shape index (κ1) is 19.1. The van der Waals surface area contributed by atoms with Crippen molar-refractivity contribution in [3.05, 3.63) is 36.2 Å². The molecule has 0 saturated carbocycles. The Morgan fingerprint density at radius 2 is 1.89 bits per heavy atom. The average molecular weight is 382 g/mol. The van der Waals surface area contributed by atoms with E-state index in [4.69, 9.17) is 0 Å². The Bertz CT molecular complexity index is 793. The highest BCUT2D eigenvalue weighted by molar-refractivity contribution is 5.79. The first-order valence-electron chi connectivity index (χ1n) is 10.6. The van der Waals surface area contributed by atoms with E-state index >= 15 is 0 Å². The van der Waals surface area contributed by atoms with Crippen LogP contribution in [0.15, 0.2) is 30.3 Å². The van der Waals surface area contributed by atoms with Crippen LogP contribution < -0.4 is 5.32 Å². The molecule has 0 unspecified atom stereocenters. The lowest BCUT2D eigenvalue weighted by atomic mass is 9.94. The number of carbonyl (C=O) groups excluding carboxylic acids is 1. The molecule has 2 aliphatic heterocycles. The SMILES string of the molecule is CC(C)CN1CCC(C(=O)N[C@@H]2CCc3nnc(-c4ccccc4)n3C2)CC1. The van der Waals surface area contributed by atoms with Crippen molar-refractivity contribution in [1.29, 1.82) is 0 Å². The molecule has 2 aromatic rings. The van der Waals surface area contributed by atoms with Crippen LogP contribution in [0.5, 0.6) is 0 Å². The smallest absolute Gasteiger partial charge is 0.223 e. The van der Waals surface area contributed by atoms with E-state index in [0.29, 0.717) is 5.92 Å². The molecule has 1 saturated heterocycles. The van der Waals surface area contributed by atoms with Gasteiger partial charge in [-0.05, 0) is 38.3 Å². The highest BCUT2D eigenvalue weighted by Gasteiger charge is 2.29. The highest BCUT2D eigenvalue weighted by Crippen LogP contribution is 2.24. The van der Waals surface area contributed by atoms with Crippen molar-refractivity contribution in [2.24, 2.45) is 11.8 Å². The summed E-state index contributed by atoms with van der Waals surface area (Å²) in [6, 6.07) is 10.3. The Kier molecular flexibility index (Phi) is 5.76. The largest absolute Gasteiger partial charge is 0.351 e. The lowest BCUT2D eigenvalue weighted by Gasteiger charge is -2.33. The van der Waals surface area contributed by atoms with Gasteiger partial charge in [0.25, 0.3) is 0 Å². The molecular formula is C22H31N5O. The first-order chi connectivity index (χ1) is 13.6. The summed E-state index contributed by atoms with van der Waals surface area (Å²) in [5, 5.41) is 12.1. The number of nitrogens with one attached hydrogen (secondary N) is 1. The molecule has 0 aliphatic carbocycles. The van der Waals surface area contributed by atoms with Crippen molar-refractivity contribution in [1.82, 2.24) is 25.0 Å². The Hall–Kier alpha value is -2.21. The second kappa shape index (κ2) is 8.43. The van der Waals surface area contributed by atoms with Crippen LogP contribution in [0.3, 0.4) is 0 Å². The van der Waals surface area contributed by atoms with Crippen LogP contribution in [-0.4, -0.2) is 51.2 Å². The van der Waals surface area contributed by atoms with Crippen LogP contribution in [0.25, 0.3) is 11.4 Å². The zero-order valence-corrected chi connectivity index (χ0v) is 17.0. The van der Waals surface area contributed by atoms with Gasteiger partial charge in [-0.2, -0.15) is 0 Å². The standard InChI is InChI=1S/C22H31N5O/c1-16(2)14-26-12-10-18(11-13-26)22(28)23-19-8-9-20-24-25-21(27(20)15-19)17-6-4-3-5-7-17/h3-7,16,18-19H,8-15H2,1-2H3,(H,23,28)/t19-/m1/s1. The van der Waals surface area contributed by atoms with Crippen molar-refractivity contribution in [3.8, 4) is 11.4 Å². The van der Waals surface area contributed by atoms with Crippen molar-refractivity contribution in [2.45, 2.75) is 52.1 Å². The Morgan fingerprint density at radius 1 is 1.14 bits per heavy atom. The molecule has 1 fully saturated rings. The Balaban J connectivity index is 1.35. The third-order valence-electron chi connectivity index (χ3n) is 5.91. The summed E-state index contributed by atoms with van der Waals surface area (Å²) in [4.78, 5) is 15.3. The zero-order chi connectivity index (χ0) is 19.5. The molecular weight excluding hydrogens is 350 g/mol. The molecule has 1 aromatic carbocycles. The van der Waals surface area contributed by atoms with Crippen molar-refractivity contribution >= 4 is 5.91 Å². The van der Waals surface area contributed by atoms with E-state index < -0.39 is 0 Å². The third-order valence-corrected chi connectivity index (χ3v) is 5.91. The second-order valence-corrected chi connectivity index (χ2v) is 8.63. The van der Waals surface area contributed by atoms with E-state index in [9.17, 15) is 4.79 Å². The van der Waals surface area contributed by atoms with Gasteiger partial charge in [0.05, 0.1) is 0 Å². The van der Waals surface area contributed by atoms with E-state index in [1.165, 1.54) is 0 Å². The average Bonchev–Trinajstić information content (AvgIpc) is 3.12. The molecule has 0 spiro atoms. The molecule has 1 aromatic heterocycles. The van der Waals surface area contributed by atoms with Crippen molar-refractivity contribution < 1.29 is 4.79 Å². The van der Waals surface area contributed by atoms with Gasteiger partial charge in [0.2, 0.25) is 5.91 Å². The number of aromatic nitrogens is 3. The molecule has 1 N–H and O–H groups in total. The molecule has 6 heteroatoms. The molecule has 0 bridgehead atoms. The van der Waals surface area contributed by atoms with E-state index in [0.717, 1.165) is 69.1 Å². The minimum absolute atomic E-state index is 0.152. The summed E-state index contributed by atoms with van der Waals surface area (Å²) in [7, 11) is 0. The number of nitrogens with zero attached hydrogens (tertiary/aromatic N) is 4. The quantitative estimate of drug-likeness (QED) is 0.865. The van der Waals surface area contributed by atoms with E-state index in [1.807, 2.05) is 18.2 Å². The molecule has 1 amide bonds. The molecule has 4 rings (SSSR count). The van der Waals surface area contributed by atoms with Gasteiger partial charge < -0.3 is 14.8 Å². The summed E-state index contributed by atoms with van der Waals surface area (Å²) in [6.45, 7) is 8.47. The third kappa shape index (κ3) is 4.27. The minimum Gasteiger partial charge on any atom is -0.351 e. The summed E-state index contributed by atoms with van der Waals surface area (Å²) >= 11 is 0. The van der Waals surface area contributed by atoms with Gasteiger partial charge in [-0.3, -0.25) is 4.79 Å². The number of carbonyl (C=O) groups is 1. The van der Waals surface area contributed by atoms with E-state index in [2.05, 4.69) is 51.0 Å². The number of aryl methyl sites for hydroxylation is 1. The fourth-order valence-electron chi connectivity index (χ4n) is 4.46. The van der Waals surface area contributed by atoms with Crippen LogP contribution in [0.2, 0.25) is 0 Å². The molecule has 150 valence electrons. The van der Waals surface area contributed by atoms with Crippen LogP contribution >= 0.6 is 0 Å². The van der Waals surface area contributed by atoms with Gasteiger partial charge in [-0.1, -0.05) is 44.2 Å². The summed E-state index contributed by atoms with van der Waals surface area (Å²) < 4.78 is 2.18. The maximum atomic E-state index is 12.8. The Morgan fingerprint density at radius 3 is 2.61 bits per heavy atom. The fourth-order valence-corrected chi connectivity index (χ4v) is 4.46.